The first-order chi connectivity index (χ1) is 8.09. The van der Waals surface area contributed by atoms with Crippen molar-refractivity contribution in [1.82, 2.24) is 5.32 Å². The molecule has 0 radical (unpaired) electrons. The number of nitrogens with two attached hydrogens (primary N) is 1. The smallest absolute Gasteiger partial charge is 0.249 e. The van der Waals surface area contributed by atoms with Crippen LogP contribution in [0.1, 0.15) is 39.5 Å². The molecule has 1 heterocycles. The third-order valence-corrected chi connectivity index (χ3v) is 3.39. The highest BCUT2D eigenvalue weighted by Gasteiger charge is 2.36. The van der Waals surface area contributed by atoms with Crippen molar-refractivity contribution in [3.63, 3.8) is 0 Å². The van der Waals surface area contributed by atoms with Crippen LogP contribution in [0.2, 0.25) is 0 Å². The molecule has 0 aliphatic carbocycles. The van der Waals surface area contributed by atoms with Gasteiger partial charge in [-0.2, -0.15) is 0 Å². The molecule has 1 atom stereocenters. The zero-order valence-corrected chi connectivity index (χ0v) is 10.4. The van der Waals surface area contributed by atoms with Crippen molar-refractivity contribution in [2.24, 2.45) is 10.9 Å². The Balaban J connectivity index is 2.75. The minimum absolute atomic E-state index is 0.0360. The Morgan fingerprint density at radius 2 is 2.24 bits per heavy atom. The number of amidine groups is 1. The summed E-state index contributed by atoms with van der Waals surface area (Å²) in [4.78, 5) is 12.0. The van der Waals surface area contributed by atoms with Gasteiger partial charge in [-0.1, -0.05) is 19.0 Å². The molecule has 1 aliphatic rings. The van der Waals surface area contributed by atoms with Gasteiger partial charge >= 0.3 is 0 Å². The Hall–Kier alpha value is -1.30. The number of hydrogen-bond acceptors (Lipinski definition) is 4. The van der Waals surface area contributed by atoms with Crippen LogP contribution in [-0.4, -0.2) is 35.2 Å². The molecule has 1 aliphatic heterocycles. The molecular weight excluding hydrogens is 222 g/mol. The van der Waals surface area contributed by atoms with E-state index in [0.717, 1.165) is 12.8 Å². The zero-order chi connectivity index (χ0) is 12.9. The molecule has 98 valence electrons. The molecule has 0 aromatic rings. The first kappa shape index (κ1) is 13.8. The number of rotatable bonds is 5. The molecule has 0 saturated carbocycles. The van der Waals surface area contributed by atoms with Gasteiger partial charge in [-0.25, -0.2) is 0 Å². The molecule has 1 rings (SSSR count). The fourth-order valence-corrected chi connectivity index (χ4v) is 2.05. The first-order valence-electron chi connectivity index (χ1n) is 6.01. The summed E-state index contributed by atoms with van der Waals surface area (Å²) in [5.74, 6) is -0.147. The lowest BCUT2D eigenvalue weighted by Gasteiger charge is -2.32. The predicted molar refractivity (Wildman–Crippen MR) is 63.8 cm³/mol. The van der Waals surface area contributed by atoms with Crippen molar-refractivity contribution in [1.29, 1.82) is 0 Å². The van der Waals surface area contributed by atoms with E-state index in [9.17, 15) is 4.79 Å². The van der Waals surface area contributed by atoms with Crippen LogP contribution in [0.4, 0.5) is 0 Å². The third kappa shape index (κ3) is 2.88. The van der Waals surface area contributed by atoms with Crippen LogP contribution in [0.5, 0.6) is 0 Å². The molecule has 1 amide bonds. The number of hydrogen-bond donors (Lipinski definition) is 3. The lowest BCUT2D eigenvalue weighted by Crippen LogP contribution is -2.58. The maximum atomic E-state index is 12.0. The first-order valence-corrected chi connectivity index (χ1v) is 6.01. The Labute approximate surface area is 101 Å². The fraction of sp³-hybridized carbons (Fsp3) is 0.818. The molecule has 4 N–H and O–H groups in total. The van der Waals surface area contributed by atoms with Crippen molar-refractivity contribution in [3.8, 4) is 0 Å². The number of nitrogens with zero attached hydrogens (tertiary/aromatic N) is 1. The minimum atomic E-state index is -0.780. The van der Waals surface area contributed by atoms with E-state index in [2.05, 4.69) is 10.5 Å². The monoisotopic (exact) mass is 243 g/mol. The number of carbonyl (C=O) groups is 1. The van der Waals surface area contributed by atoms with Gasteiger partial charge in [-0.15, -0.1) is 0 Å². The van der Waals surface area contributed by atoms with Gasteiger partial charge in [0.15, 0.2) is 5.84 Å². The summed E-state index contributed by atoms with van der Waals surface area (Å²) in [6.07, 6.45) is 2.35. The standard InChI is InChI=1S/C11H21N3O3/c1-3-11(4-2,10(12)14-16)13-9(15)8-6-5-7-17-8/h8,16H,3-7H2,1-2H3,(H2,12,14)(H,13,15). The highest BCUT2D eigenvalue weighted by molar-refractivity contribution is 5.94. The topological polar surface area (TPSA) is 96.9 Å². The van der Waals surface area contributed by atoms with Crippen LogP contribution < -0.4 is 11.1 Å². The molecule has 6 nitrogen and oxygen atoms in total. The average Bonchev–Trinajstić information content (AvgIpc) is 2.88. The van der Waals surface area contributed by atoms with Gasteiger partial charge in [0.25, 0.3) is 0 Å². The molecule has 0 aromatic carbocycles. The minimum Gasteiger partial charge on any atom is -0.409 e. The van der Waals surface area contributed by atoms with E-state index in [-0.39, 0.29) is 11.7 Å². The lowest BCUT2D eigenvalue weighted by molar-refractivity contribution is -0.131. The summed E-state index contributed by atoms with van der Waals surface area (Å²) < 4.78 is 5.31. The molecule has 1 unspecified atom stereocenters. The van der Waals surface area contributed by atoms with E-state index in [1.165, 1.54) is 0 Å². The summed E-state index contributed by atoms with van der Waals surface area (Å²) in [7, 11) is 0. The number of amides is 1. The Morgan fingerprint density at radius 3 is 2.65 bits per heavy atom. The van der Waals surface area contributed by atoms with Gasteiger partial charge in [-0.3, -0.25) is 4.79 Å². The van der Waals surface area contributed by atoms with Gasteiger partial charge in [0.05, 0.1) is 0 Å². The zero-order valence-electron chi connectivity index (χ0n) is 10.4. The van der Waals surface area contributed by atoms with Gasteiger partial charge in [0.1, 0.15) is 11.6 Å². The van der Waals surface area contributed by atoms with Crippen LogP contribution in [-0.2, 0) is 9.53 Å². The highest BCUT2D eigenvalue weighted by atomic mass is 16.5. The second-order valence-corrected chi connectivity index (χ2v) is 4.27. The SMILES string of the molecule is CCC(CC)(NC(=O)C1CCCO1)/C(N)=N/O. The summed E-state index contributed by atoms with van der Waals surface area (Å²) >= 11 is 0. The predicted octanol–water partition coefficient (Wildman–Crippen LogP) is 0.587. The maximum absolute atomic E-state index is 12.0. The molecule has 1 saturated heterocycles. The molecular formula is C11H21N3O3. The van der Waals surface area contributed by atoms with Gasteiger partial charge < -0.3 is 21.0 Å². The van der Waals surface area contributed by atoms with E-state index in [1.54, 1.807) is 0 Å². The largest absolute Gasteiger partial charge is 0.409 e. The van der Waals surface area contributed by atoms with Crippen LogP contribution in [0.15, 0.2) is 5.16 Å². The van der Waals surface area contributed by atoms with E-state index < -0.39 is 11.6 Å². The molecule has 0 aromatic heterocycles. The van der Waals surface area contributed by atoms with E-state index >= 15 is 0 Å². The summed E-state index contributed by atoms with van der Waals surface area (Å²) in [5.41, 5.74) is 4.88. The van der Waals surface area contributed by atoms with Crippen molar-refractivity contribution in [2.75, 3.05) is 6.61 Å². The quantitative estimate of drug-likeness (QED) is 0.285. The second-order valence-electron chi connectivity index (χ2n) is 4.27. The Morgan fingerprint density at radius 1 is 1.59 bits per heavy atom. The van der Waals surface area contributed by atoms with E-state index in [4.69, 9.17) is 15.7 Å². The molecule has 6 heteroatoms. The summed E-state index contributed by atoms with van der Waals surface area (Å²) in [6, 6.07) is 0. The van der Waals surface area contributed by atoms with Crippen LogP contribution in [0.3, 0.4) is 0 Å². The molecule has 1 fully saturated rings. The van der Waals surface area contributed by atoms with E-state index in [1.807, 2.05) is 13.8 Å². The number of carbonyl (C=O) groups excluding carboxylic acids is 1. The highest BCUT2D eigenvalue weighted by Crippen LogP contribution is 2.18. The Bertz CT molecular complexity index is 294. The lowest BCUT2D eigenvalue weighted by atomic mass is 9.91. The van der Waals surface area contributed by atoms with Crippen molar-refractivity contribution < 1.29 is 14.7 Å². The van der Waals surface area contributed by atoms with Crippen molar-refractivity contribution in [3.05, 3.63) is 0 Å². The van der Waals surface area contributed by atoms with Crippen LogP contribution in [0.25, 0.3) is 0 Å². The Kier molecular flexibility index (Phi) is 4.74. The van der Waals surface area contributed by atoms with E-state index in [0.29, 0.717) is 19.4 Å². The average molecular weight is 243 g/mol. The van der Waals surface area contributed by atoms with Gasteiger partial charge in [0, 0.05) is 6.61 Å². The number of nitrogens with one attached hydrogen (secondary N) is 1. The van der Waals surface area contributed by atoms with Crippen molar-refractivity contribution >= 4 is 11.7 Å². The number of oxime groups is 1. The van der Waals surface area contributed by atoms with Crippen LogP contribution >= 0.6 is 0 Å². The molecule has 0 bridgehead atoms. The van der Waals surface area contributed by atoms with Gasteiger partial charge in [0.2, 0.25) is 5.91 Å². The molecule has 17 heavy (non-hydrogen) atoms. The van der Waals surface area contributed by atoms with Crippen molar-refractivity contribution in [2.45, 2.75) is 51.2 Å². The van der Waals surface area contributed by atoms with Gasteiger partial charge in [-0.05, 0) is 25.7 Å². The maximum Gasteiger partial charge on any atom is 0.249 e. The summed E-state index contributed by atoms with van der Waals surface area (Å²) in [5, 5.41) is 14.7. The normalized spacial score (nSPS) is 21.5. The second kappa shape index (κ2) is 5.86. The molecule has 0 spiro atoms. The number of ether oxygens (including phenoxy) is 1. The fourth-order valence-electron chi connectivity index (χ4n) is 2.05. The van der Waals surface area contributed by atoms with Crippen LogP contribution in [0, 0.1) is 0 Å². The summed E-state index contributed by atoms with van der Waals surface area (Å²) in [6.45, 7) is 4.39. The third-order valence-electron chi connectivity index (χ3n) is 3.39.